The molecule has 0 aliphatic heterocycles. The highest BCUT2D eigenvalue weighted by atomic mass is 32.2. The molecule has 25 heavy (non-hydrogen) atoms. The minimum atomic E-state index is -3.95. The first-order chi connectivity index (χ1) is 11.9. The summed E-state index contributed by atoms with van der Waals surface area (Å²) in [6.45, 7) is 1.86. The van der Waals surface area contributed by atoms with Gasteiger partial charge in [-0.1, -0.05) is 48.0 Å². The van der Waals surface area contributed by atoms with Gasteiger partial charge in [-0.25, -0.2) is 4.79 Å². The van der Waals surface area contributed by atoms with Crippen molar-refractivity contribution in [2.75, 3.05) is 7.11 Å². The average molecular weight is 358 g/mol. The van der Waals surface area contributed by atoms with Crippen LogP contribution in [-0.2, 0) is 19.6 Å². The van der Waals surface area contributed by atoms with Gasteiger partial charge in [-0.2, -0.15) is 17.9 Å². The SMILES string of the molecule is COC(=O)/C=C\N(/N=C/c1ccccc1)S(=O)(=O)c1ccc(C)cc1. The first-order valence-corrected chi connectivity index (χ1v) is 8.84. The van der Waals surface area contributed by atoms with Crippen LogP contribution < -0.4 is 0 Å². The Morgan fingerprint density at radius 3 is 2.32 bits per heavy atom. The Labute approximate surface area is 147 Å². The fraction of sp³-hybridized carbons (Fsp3) is 0.111. The molecule has 2 aromatic rings. The van der Waals surface area contributed by atoms with Crippen molar-refractivity contribution in [3.05, 3.63) is 78.0 Å². The number of sulfonamides is 1. The van der Waals surface area contributed by atoms with Gasteiger partial charge >= 0.3 is 5.97 Å². The topological polar surface area (TPSA) is 76.0 Å². The van der Waals surface area contributed by atoms with Gasteiger partial charge in [-0.05, 0) is 24.6 Å². The number of esters is 1. The first-order valence-electron chi connectivity index (χ1n) is 7.40. The molecule has 6 nitrogen and oxygen atoms in total. The van der Waals surface area contributed by atoms with Crippen molar-refractivity contribution in [2.45, 2.75) is 11.8 Å². The quantitative estimate of drug-likeness (QED) is 0.344. The molecule has 7 heteroatoms. The van der Waals surface area contributed by atoms with Crippen LogP contribution in [0.5, 0.6) is 0 Å². The number of carbonyl (C=O) groups is 1. The zero-order chi connectivity index (χ0) is 18.3. The molecule has 0 amide bonds. The molecular formula is C18H18N2O4S. The monoisotopic (exact) mass is 358 g/mol. The zero-order valence-electron chi connectivity index (χ0n) is 13.9. The molecule has 2 aromatic carbocycles. The normalized spacial score (nSPS) is 11.8. The van der Waals surface area contributed by atoms with E-state index < -0.39 is 16.0 Å². The first kappa shape index (κ1) is 18.4. The fourth-order valence-electron chi connectivity index (χ4n) is 1.85. The minimum absolute atomic E-state index is 0.0674. The molecule has 0 aliphatic carbocycles. The molecule has 0 heterocycles. The number of benzene rings is 2. The van der Waals surface area contributed by atoms with Crippen molar-refractivity contribution in [3.8, 4) is 0 Å². The van der Waals surface area contributed by atoms with E-state index in [1.807, 2.05) is 25.1 Å². The summed E-state index contributed by atoms with van der Waals surface area (Å²) in [5.74, 6) is -0.681. The molecule has 0 bridgehead atoms. The molecule has 0 N–H and O–H groups in total. The summed E-state index contributed by atoms with van der Waals surface area (Å²) in [6, 6.07) is 15.4. The molecule has 0 aliphatic rings. The molecule has 2 rings (SSSR count). The number of ether oxygens (including phenoxy) is 1. The summed E-state index contributed by atoms with van der Waals surface area (Å²) in [4.78, 5) is 11.4. The minimum Gasteiger partial charge on any atom is -0.466 e. The summed E-state index contributed by atoms with van der Waals surface area (Å²) in [5.41, 5.74) is 1.65. The number of rotatable bonds is 6. The van der Waals surface area contributed by atoms with Crippen molar-refractivity contribution in [1.29, 1.82) is 0 Å². The summed E-state index contributed by atoms with van der Waals surface area (Å²) in [5, 5.41) is 4.00. The van der Waals surface area contributed by atoms with E-state index in [9.17, 15) is 13.2 Å². The van der Waals surface area contributed by atoms with Gasteiger partial charge in [0.1, 0.15) is 0 Å². The van der Waals surface area contributed by atoms with Crippen LogP contribution in [0, 0.1) is 6.92 Å². The maximum absolute atomic E-state index is 12.8. The van der Waals surface area contributed by atoms with Gasteiger partial charge in [0.25, 0.3) is 10.0 Å². The average Bonchev–Trinajstić information content (AvgIpc) is 2.62. The Morgan fingerprint density at radius 2 is 1.72 bits per heavy atom. The standard InChI is InChI=1S/C18H18N2O4S/c1-15-8-10-17(11-9-15)25(22,23)20(13-12-18(21)24-2)19-14-16-6-4-3-5-7-16/h3-14H,1-2H3/b13-12-,19-14+. The lowest BCUT2D eigenvalue weighted by Gasteiger charge is -2.15. The second-order valence-electron chi connectivity index (χ2n) is 5.08. The number of nitrogens with zero attached hydrogens (tertiary/aromatic N) is 2. The molecule has 0 fully saturated rings. The second kappa shape index (κ2) is 8.25. The van der Waals surface area contributed by atoms with Crippen LogP contribution in [0.2, 0.25) is 0 Å². The van der Waals surface area contributed by atoms with E-state index in [0.29, 0.717) is 0 Å². The maximum atomic E-state index is 12.8. The highest BCUT2D eigenvalue weighted by Gasteiger charge is 2.21. The zero-order valence-corrected chi connectivity index (χ0v) is 14.7. The summed E-state index contributed by atoms with van der Waals surface area (Å²) in [7, 11) is -2.74. The van der Waals surface area contributed by atoms with Crippen molar-refractivity contribution in [2.24, 2.45) is 5.10 Å². The highest BCUT2D eigenvalue weighted by Crippen LogP contribution is 2.17. The largest absolute Gasteiger partial charge is 0.466 e. The third-order valence-electron chi connectivity index (χ3n) is 3.22. The number of hydrogen-bond donors (Lipinski definition) is 0. The van der Waals surface area contributed by atoms with Crippen LogP contribution in [0.3, 0.4) is 0 Å². The van der Waals surface area contributed by atoms with Gasteiger partial charge in [-0.3, -0.25) is 0 Å². The Bertz CT molecular complexity index is 873. The molecule has 0 saturated heterocycles. The lowest BCUT2D eigenvalue weighted by molar-refractivity contribution is -0.134. The number of hydrogen-bond acceptors (Lipinski definition) is 5. The van der Waals surface area contributed by atoms with E-state index in [1.54, 1.807) is 24.3 Å². The van der Waals surface area contributed by atoms with Gasteiger partial charge in [0, 0.05) is 12.3 Å². The molecular weight excluding hydrogens is 340 g/mol. The van der Waals surface area contributed by atoms with Gasteiger partial charge in [-0.15, -0.1) is 0 Å². The van der Waals surface area contributed by atoms with E-state index in [4.69, 9.17) is 0 Å². The van der Waals surface area contributed by atoms with E-state index in [1.165, 1.54) is 25.5 Å². The molecule has 0 radical (unpaired) electrons. The van der Waals surface area contributed by atoms with E-state index in [2.05, 4.69) is 9.84 Å². The third kappa shape index (κ3) is 5.02. The van der Waals surface area contributed by atoms with E-state index in [0.717, 1.165) is 27.8 Å². The lowest BCUT2D eigenvalue weighted by atomic mass is 10.2. The fourth-order valence-corrected chi connectivity index (χ4v) is 2.94. The summed E-state index contributed by atoms with van der Waals surface area (Å²) in [6.07, 6.45) is 3.45. The predicted octanol–water partition coefficient (Wildman–Crippen LogP) is 2.71. The summed E-state index contributed by atoms with van der Waals surface area (Å²) < 4.78 is 30.8. The van der Waals surface area contributed by atoms with Crippen molar-refractivity contribution < 1.29 is 17.9 Å². The van der Waals surface area contributed by atoms with Crippen LogP contribution in [0.25, 0.3) is 0 Å². The van der Waals surface area contributed by atoms with Gasteiger partial charge < -0.3 is 4.74 Å². The number of aryl methyl sites for hydroxylation is 1. The summed E-state index contributed by atoms with van der Waals surface area (Å²) >= 11 is 0. The second-order valence-corrected chi connectivity index (χ2v) is 6.88. The van der Waals surface area contributed by atoms with Crippen molar-refractivity contribution in [1.82, 2.24) is 4.41 Å². The van der Waals surface area contributed by atoms with Crippen LogP contribution in [0.1, 0.15) is 11.1 Å². The van der Waals surface area contributed by atoms with Gasteiger partial charge in [0.05, 0.1) is 18.2 Å². The Hall–Kier alpha value is -2.93. The Balaban J connectivity index is 2.39. The molecule has 0 saturated carbocycles. The van der Waals surface area contributed by atoms with Gasteiger partial charge in [0.2, 0.25) is 0 Å². The van der Waals surface area contributed by atoms with Crippen LogP contribution >= 0.6 is 0 Å². The Morgan fingerprint density at radius 1 is 1.08 bits per heavy atom. The van der Waals surface area contributed by atoms with Crippen molar-refractivity contribution in [3.63, 3.8) is 0 Å². The number of methoxy groups -OCH3 is 1. The molecule has 0 spiro atoms. The Kier molecular flexibility index (Phi) is 6.08. The van der Waals surface area contributed by atoms with E-state index in [-0.39, 0.29) is 4.90 Å². The van der Waals surface area contributed by atoms with E-state index >= 15 is 0 Å². The number of hydrazone groups is 1. The third-order valence-corrected chi connectivity index (χ3v) is 4.80. The van der Waals surface area contributed by atoms with Crippen LogP contribution in [0.4, 0.5) is 0 Å². The van der Waals surface area contributed by atoms with Gasteiger partial charge in [0.15, 0.2) is 0 Å². The van der Waals surface area contributed by atoms with Crippen molar-refractivity contribution >= 4 is 22.2 Å². The molecule has 0 atom stereocenters. The van der Waals surface area contributed by atoms with Crippen LogP contribution in [-0.4, -0.2) is 32.1 Å². The van der Waals surface area contributed by atoms with Crippen LogP contribution in [0.15, 0.2) is 76.9 Å². The predicted molar refractivity (Wildman–Crippen MR) is 95.4 cm³/mol. The highest BCUT2D eigenvalue weighted by molar-refractivity contribution is 7.89. The molecule has 0 unspecified atom stereocenters. The lowest BCUT2D eigenvalue weighted by Crippen LogP contribution is -2.21. The molecule has 130 valence electrons. The number of carbonyl (C=O) groups excluding carboxylic acids is 1. The molecule has 0 aromatic heterocycles. The maximum Gasteiger partial charge on any atom is 0.332 e. The smallest absolute Gasteiger partial charge is 0.332 e.